The Balaban J connectivity index is 1.58. The van der Waals surface area contributed by atoms with E-state index in [0.29, 0.717) is 24.3 Å². The maximum Gasteiger partial charge on any atom is 0.244 e. The predicted molar refractivity (Wildman–Crippen MR) is 93.2 cm³/mol. The lowest BCUT2D eigenvalue weighted by atomic mass is 9.88. The van der Waals surface area contributed by atoms with Crippen molar-refractivity contribution in [2.75, 3.05) is 20.1 Å². The number of amides is 1. The van der Waals surface area contributed by atoms with Crippen molar-refractivity contribution in [3.8, 4) is 0 Å². The molecule has 3 heterocycles. The summed E-state index contributed by atoms with van der Waals surface area (Å²) in [5.74, 6) is 1.07. The van der Waals surface area contributed by atoms with E-state index < -0.39 is 0 Å². The summed E-state index contributed by atoms with van der Waals surface area (Å²) in [5.41, 5.74) is 0. The molecule has 5 heteroatoms. The number of nitrogens with one attached hydrogen (secondary N) is 1. The van der Waals surface area contributed by atoms with Crippen LogP contribution in [0.1, 0.15) is 29.5 Å². The molecule has 1 amide bonds. The third kappa shape index (κ3) is 4.12. The highest BCUT2D eigenvalue weighted by Gasteiger charge is 2.31. The summed E-state index contributed by atoms with van der Waals surface area (Å²) in [6.07, 6.45) is 7.15. The van der Waals surface area contributed by atoms with Gasteiger partial charge in [-0.05, 0) is 62.0 Å². The molecule has 0 radical (unpaired) electrons. The molecule has 0 bridgehead atoms. The molecule has 2 atom stereocenters. The maximum absolute atomic E-state index is 12.0. The Kier molecular flexibility index (Phi) is 5.31. The van der Waals surface area contributed by atoms with E-state index in [4.69, 9.17) is 4.42 Å². The van der Waals surface area contributed by atoms with Gasteiger partial charge in [-0.1, -0.05) is 6.07 Å². The van der Waals surface area contributed by atoms with Gasteiger partial charge in [-0.15, -0.1) is 11.3 Å². The van der Waals surface area contributed by atoms with Crippen LogP contribution in [0.25, 0.3) is 6.08 Å². The standard InChI is InChI=1S/C18H22N2O2S/c1-20-10-2-5-14(18(20)16-7-4-12-23-16)13-19-17(21)9-8-15-6-3-11-22-15/h3-4,6-9,11-12,14,18H,2,5,10,13H2,1H3,(H,19,21)/b9-8+/t14-,18+/m0/s1. The molecule has 0 spiro atoms. The molecule has 1 N–H and O–H groups in total. The Morgan fingerprint density at radius 1 is 1.48 bits per heavy atom. The molecule has 0 aromatic carbocycles. The highest BCUT2D eigenvalue weighted by Crippen LogP contribution is 2.36. The van der Waals surface area contributed by atoms with Gasteiger partial charge in [0.2, 0.25) is 5.91 Å². The summed E-state index contributed by atoms with van der Waals surface area (Å²) in [6.45, 7) is 1.82. The van der Waals surface area contributed by atoms with Crippen molar-refractivity contribution in [1.29, 1.82) is 0 Å². The van der Waals surface area contributed by atoms with Gasteiger partial charge >= 0.3 is 0 Å². The van der Waals surface area contributed by atoms with Crippen molar-refractivity contribution < 1.29 is 9.21 Å². The van der Waals surface area contributed by atoms with Gasteiger partial charge in [-0.25, -0.2) is 0 Å². The fourth-order valence-corrected chi connectivity index (χ4v) is 4.20. The minimum absolute atomic E-state index is 0.0699. The molecule has 0 unspecified atom stereocenters. The second-order valence-corrected chi connectivity index (χ2v) is 6.92. The summed E-state index contributed by atoms with van der Waals surface area (Å²) in [5, 5.41) is 5.16. The van der Waals surface area contributed by atoms with Crippen LogP contribution in [0.2, 0.25) is 0 Å². The molecule has 0 aliphatic carbocycles. The second kappa shape index (κ2) is 7.62. The fraction of sp³-hybridized carbons (Fsp3) is 0.389. The molecule has 4 nitrogen and oxygen atoms in total. The van der Waals surface area contributed by atoms with Crippen LogP contribution < -0.4 is 5.32 Å². The number of hydrogen-bond donors (Lipinski definition) is 1. The molecule has 2 aromatic heterocycles. The summed E-state index contributed by atoms with van der Waals surface area (Å²) in [4.78, 5) is 15.8. The number of likely N-dealkylation sites (tertiary alicyclic amines) is 1. The molecule has 1 saturated heterocycles. The highest BCUT2D eigenvalue weighted by molar-refractivity contribution is 7.10. The normalized spacial score (nSPS) is 22.5. The zero-order valence-electron chi connectivity index (χ0n) is 13.3. The van der Waals surface area contributed by atoms with Crippen LogP contribution >= 0.6 is 11.3 Å². The molecule has 1 fully saturated rings. The summed E-state index contributed by atoms with van der Waals surface area (Å²) in [6, 6.07) is 8.33. The lowest BCUT2D eigenvalue weighted by Crippen LogP contribution is -2.41. The number of carbonyl (C=O) groups excluding carboxylic acids is 1. The smallest absolute Gasteiger partial charge is 0.244 e. The maximum atomic E-state index is 12.0. The van der Waals surface area contributed by atoms with Gasteiger partial charge in [0.25, 0.3) is 0 Å². The fourth-order valence-electron chi connectivity index (χ4n) is 3.22. The van der Waals surface area contributed by atoms with E-state index in [1.165, 1.54) is 17.4 Å². The van der Waals surface area contributed by atoms with Gasteiger partial charge in [0, 0.05) is 23.5 Å². The van der Waals surface area contributed by atoms with Gasteiger partial charge in [0.15, 0.2) is 0 Å². The average molecular weight is 330 g/mol. The number of hydrogen-bond acceptors (Lipinski definition) is 4. The lowest BCUT2D eigenvalue weighted by Gasteiger charge is -2.38. The van der Waals surface area contributed by atoms with E-state index in [1.54, 1.807) is 29.7 Å². The zero-order chi connectivity index (χ0) is 16.1. The third-order valence-corrected chi connectivity index (χ3v) is 5.27. The van der Waals surface area contributed by atoms with E-state index in [2.05, 4.69) is 34.8 Å². The van der Waals surface area contributed by atoms with Crippen molar-refractivity contribution in [3.63, 3.8) is 0 Å². The van der Waals surface area contributed by atoms with Crippen molar-refractivity contribution in [1.82, 2.24) is 10.2 Å². The van der Waals surface area contributed by atoms with Crippen molar-refractivity contribution in [3.05, 3.63) is 52.6 Å². The lowest BCUT2D eigenvalue weighted by molar-refractivity contribution is -0.116. The zero-order valence-corrected chi connectivity index (χ0v) is 14.1. The van der Waals surface area contributed by atoms with Gasteiger partial charge in [-0.2, -0.15) is 0 Å². The first-order chi connectivity index (χ1) is 11.2. The van der Waals surface area contributed by atoms with Crippen LogP contribution in [0, 0.1) is 5.92 Å². The van der Waals surface area contributed by atoms with E-state index in [1.807, 2.05) is 6.07 Å². The number of thiophene rings is 1. The highest BCUT2D eigenvalue weighted by atomic mass is 32.1. The van der Waals surface area contributed by atoms with E-state index in [0.717, 1.165) is 13.0 Å². The van der Waals surface area contributed by atoms with Crippen LogP contribution in [0.5, 0.6) is 0 Å². The third-order valence-electron chi connectivity index (χ3n) is 4.32. The summed E-state index contributed by atoms with van der Waals surface area (Å²) >= 11 is 1.80. The van der Waals surface area contributed by atoms with Crippen LogP contribution in [0.15, 0.2) is 46.4 Å². The van der Waals surface area contributed by atoms with Crippen LogP contribution in [0.3, 0.4) is 0 Å². The Hall–Kier alpha value is -1.85. The Morgan fingerprint density at radius 2 is 2.39 bits per heavy atom. The average Bonchev–Trinajstić information content (AvgIpc) is 3.24. The molecule has 122 valence electrons. The van der Waals surface area contributed by atoms with E-state index >= 15 is 0 Å². The second-order valence-electron chi connectivity index (χ2n) is 5.94. The first kappa shape index (κ1) is 16.0. The molecule has 1 aliphatic heterocycles. The number of furan rings is 1. The molecule has 23 heavy (non-hydrogen) atoms. The largest absolute Gasteiger partial charge is 0.465 e. The minimum Gasteiger partial charge on any atom is -0.465 e. The molecular formula is C18H22N2O2S. The first-order valence-electron chi connectivity index (χ1n) is 7.97. The molecule has 3 rings (SSSR count). The Morgan fingerprint density at radius 3 is 3.13 bits per heavy atom. The van der Waals surface area contributed by atoms with Crippen LogP contribution in [-0.2, 0) is 4.79 Å². The number of rotatable bonds is 5. The topological polar surface area (TPSA) is 45.5 Å². The van der Waals surface area contributed by atoms with Crippen LogP contribution in [-0.4, -0.2) is 30.9 Å². The van der Waals surface area contributed by atoms with Gasteiger partial charge in [0.1, 0.15) is 5.76 Å². The summed E-state index contributed by atoms with van der Waals surface area (Å²) in [7, 11) is 2.18. The van der Waals surface area contributed by atoms with Crippen molar-refractivity contribution >= 4 is 23.3 Å². The Labute approximate surface area is 140 Å². The molecular weight excluding hydrogens is 308 g/mol. The van der Waals surface area contributed by atoms with Gasteiger partial charge < -0.3 is 9.73 Å². The van der Waals surface area contributed by atoms with E-state index in [-0.39, 0.29) is 5.91 Å². The molecule has 2 aromatic rings. The Bertz CT molecular complexity index is 634. The SMILES string of the molecule is CN1CCC[C@@H](CNC(=O)/C=C/c2ccco2)[C@@H]1c1cccs1. The number of carbonyl (C=O) groups is 1. The number of nitrogens with zero attached hydrogens (tertiary/aromatic N) is 1. The number of piperidine rings is 1. The van der Waals surface area contributed by atoms with Gasteiger partial charge in [0.05, 0.1) is 6.26 Å². The van der Waals surface area contributed by atoms with Crippen molar-refractivity contribution in [2.24, 2.45) is 5.92 Å². The quantitative estimate of drug-likeness (QED) is 0.853. The summed E-state index contributed by atoms with van der Waals surface area (Å²) < 4.78 is 5.19. The molecule has 1 aliphatic rings. The van der Waals surface area contributed by atoms with Gasteiger partial charge in [-0.3, -0.25) is 9.69 Å². The van der Waals surface area contributed by atoms with Crippen LogP contribution in [0.4, 0.5) is 0 Å². The predicted octanol–water partition coefficient (Wildman–Crippen LogP) is 3.55. The van der Waals surface area contributed by atoms with Crippen molar-refractivity contribution in [2.45, 2.75) is 18.9 Å². The monoisotopic (exact) mass is 330 g/mol. The minimum atomic E-state index is -0.0699. The van der Waals surface area contributed by atoms with E-state index in [9.17, 15) is 4.79 Å². The first-order valence-corrected chi connectivity index (χ1v) is 8.85. The molecule has 0 saturated carbocycles.